The van der Waals surface area contributed by atoms with Gasteiger partial charge in [0, 0.05) is 11.6 Å². The lowest BCUT2D eigenvalue weighted by Crippen LogP contribution is -2.27. The van der Waals surface area contributed by atoms with Gasteiger partial charge >= 0.3 is 0 Å². The van der Waals surface area contributed by atoms with Gasteiger partial charge in [0.2, 0.25) is 0 Å². The van der Waals surface area contributed by atoms with Gasteiger partial charge in [-0.15, -0.1) is 6.42 Å². The molecule has 0 saturated carbocycles. The monoisotopic (exact) mass is 191 g/mol. The molecule has 1 aromatic rings. The summed E-state index contributed by atoms with van der Waals surface area (Å²) in [6, 6.07) is 6.59. The second-order valence-electron chi connectivity index (χ2n) is 3.30. The number of benzene rings is 1. The molecule has 1 unspecified atom stereocenters. The number of rotatable bonds is 3. The van der Waals surface area contributed by atoms with E-state index in [1.807, 2.05) is 19.9 Å². The Morgan fingerprint density at radius 2 is 2.00 bits per heavy atom. The molecule has 0 spiro atoms. The highest BCUT2D eigenvalue weighted by molar-refractivity contribution is 5.21. The molecule has 0 aliphatic rings. The van der Waals surface area contributed by atoms with Crippen molar-refractivity contribution in [3.63, 3.8) is 0 Å². The van der Waals surface area contributed by atoms with Crippen LogP contribution >= 0.6 is 0 Å². The number of terminal acetylenes is 1. The van der Waals surface area contributed by atoms with Crippen LogP contribution in [0.2, 0.25) is 0 Å². The maximum atomic E-state index is 13.3. The van der Waals surface area contributed by atoms with E-state index in [1.54, 1.807) is 12.1 Å². The molecule has 1 rings (SSSR count). The summed E-state index contributed by atoms with van der Waals surface area (Å²) in [6.45, 7) is 3.77. The fourth-order valence-electron chi connectivity index (χ4n) is 1.34. The van der Waals surface area contributed by atoms with E-state index in [1.165, 1.54) is 6.07 Å². The summed E-state index contributed by atoms with van der Waals surface area (Å²) in [5.74, 6) is 2.35. The third-order valence-corrected chi connectivity index (χ3v) is 2.12. The fraction of sp³-hybridized carbons (Fsp3) is 0.333. The van der Waals surface area contributed by atoms with Crippen LogP contribution in [0.4, 0.5) is 4.39 Å². The molecular weight excluding hydrogens is 177 g/mol. The second-order valence-corrected chi connectivity index (χ2v) is 3.30. The van der Waals surface area contributed by atoms with Crippen molar-refractivity contribution in [3.8, 4) is 12.3 Å². The van der Waals surface area contributed by atoms with E-state index in [0.29, 0.717) is 5.56 Å². The highest BCUT2D eigenvalue weighted by atomic mass is 19.1. The predicted molar refractivity (Wildman–Crippen MR) is 56.2 cm³/mol. The third-order valence-electron chi connectivity index (χ3n) is 2.12. The van der Waals surface area contributed by atoms with Crippen LogP contribution in [-0.4, -0.2) is 6.04 Å². The highest BCUT2D eigenvalue weighted by Crippen LogP contribution is 2.16. The molecule has 2 heteroatoms. The van der Waals surface area contributed by atoms with Gasteiger partial charge in [0.05, 0.1) is 6.04 Å². The molecule has 0 heterocycles. The van der Waals surface area contributed by atoms with Gasteiger partial charge in [0.15, 0.2) is 0 Å². The van der Waals surface area contributed by atoms with Crippen LogP contribution in [0.15, 0.2) is 24.3 Å². The summed E-state index contributed by atoms with van der Waals surface area (Å²) >= 11 is 0. The smallest absolute Gasteiger partial charge is 0.127 e. The molecule has 14 heavy (non-hydrogen) atoms. The van der Waals surface area contributed by atoms with Crippen LogP contribution < -0.4 is 5.32 Å². The zero-order valence-electron chi connectivity index (χ0n) is 8.42. The maximum Gasteiger partial charge on any atom is 0.127 e. The largest absolute Gasteiger partial charge is 0.297 e. The summed E-state index contributed by atoms with van der Waals surface area (Å²) < 4.78 is 13.3. The van der Waals surface area contributed by atoms with Crippen LogP contribution in [0.5, 0.6) is 0 Å². The molecule has 0 bridgehead atoms. The first-order valence-electron chi connectivity index (χ1n) is 4.61. The summed E-state index contributed by atoms with van der Waals surface area (Å²) in [6.07, 6.45) is 5.23. The first-order valence-corrected chi connectivity index (χ1v) is 4.61. The third kappa shape index (κ3) is 2.58. The van der Waals surface area contributed by atoms with E-state index in [-0.39, 0.29) is 17.9 Å². The first-order chi connectivity index (χ1) is 6.65. The van der Waals surface area contributed by atoms with Crippen molar-refractivity contribution in [3.05, 3.63) is 35.6 Å². The molecular formula is C12H14FN. The highest BCUT2D eigenvalue weighted by Gasteiger charge is 2.10. The average molecular weight is 191 g/mol. The van der Waals surface area contributed by atoms with E-state index in [2.05, 4.69) is 11.2 Å². The minimum absolute atomic E-state index is 0.0513. The molecule has 0 amide bonds. The zero-order chi connectivity index (χ0) is 10.6. The Morgan fingerprint density at radius 1 is 1.36 bits per heavy atom. The maximum absolute atomic E-state index is 13.3. The Balaban J connectivity index is 2.75. The lowest BCUT2D eigenvalue weighted by atomic mass is 10.1. The number of hydrogen-bond acceptors (Lipinski definition) is 1. The Labute approximate surface area is 84.3 Å². The van der Waals surface area contributed by atoms with E-state index in [4.69, 9.17) is 6.42 Å². The van der Waals surface area contributed by atoms with Gasteiger partial charge in [-0.25, -0.2) is 4.39 Å². The van der Waals surface area contributed by atoms with Crippen LogP contribution in [0.25, 0.3) is 0 Å². The van der Waals surface area contributed by atoms with E-state index >= 15 is 0 Å². The number of halogens is 1. The van der Waals surface area contributed by atoms with E-state index in [9.17, 15) is 4.39 Å². The van der Waals surface area contributed by atoms with Crippen molar-refractivity contribution in [1.29, 1.82) is 0 Å². The van der Waals surface area contributed by atoms with Gasteiger partial charge in [0.1, 0.15) is 5.82 Å². The van der Waals surface area contributed by atoms with Crippen LogP contribution in [-0.2, 0) is 0 Å². The topological polar surface area (TPSA) is 12.0 Å². The summed E-state index contributed by atoms with van der Waals surface area (Å²) in [5.41, 5.74) is 0.648. The Morgan fingerprint density at radius 3 is 2.57 bits per heavy atom. The van der Waals surface area contributed by atoms with Gasteiger partial charge in [-0.1, -0.05) is 24.1 Å². The van der Waals surface area contributed by atoms with Crippen molar-refractivity contribution < 1.29 is 4.39 Å². The summed E-state index contributed by atoms with van der Waals surface area (Å²) in [4.78, 5) is 0. The zero-order valence-corrected chi connectivity index (χ0v) is 8.42. The predicted octanol–water partition coefficient (Wildman–Crippen LogP) is 2.50. The normalized spacial score (nSPS) is 14.4. The van der Waals surface area contributed by atoms with Crippen LogP contribution in [0.3, 0.4) is 0 Å². The summed E-state index contributed by atoms with van der Waals surface area (Å²) in [7, 11) is 0. The molecule has 74 valence electrons. The molecule has 1 N–H and O–H groups in total. The minimum atomic E-state index is -0.197. The standard InChI is InChI=1S/C12H14FN/c1-4-9(2)14-10(3)11-7-5-6-8-12(11)13/h1,5-10,14H,2-3H3/t9?,10-/m1/s1. The summed E-state index contributed by atoms with van der Waals surface area (Å²) in [5, 5.41) is 3.11. The van der Waals surface area contributed by atoms with E-state index in [0.717, 1.165) is 0 Å². The lowest BCUT2D eigenvalue weighted by molar-refractivity contribution is 0.511. The van der Waals surface area contributed by atoms with Crippen molar-refractivity contribution in [2.75, 3.05) is 0 Å². The van der Waals surface area contributed by atoms with Crippen molar-refractivity contribution in [2.24, 2.45) is 0 Å². The van der Waals surface area contributed by atoms with Gasteiger partial charge in [-0.05, 0) is 19.9 Å². The van der Waals surface area contributed by atoms with E-state index < -0.39 is 0 Å². The van der Waals surface area contributed by atoms with Crippen molar-refractivity contribution in [1.82, 2.24) is 5.32 Å². The minimum Gasteiger partial charge on any atom is -0.297 e. The molecule has 1 nitrogen and oxygen atoms in total. The quantitative estimate of drug-likeness (QED) is 0.724. The van der Waals surface area contributed by atoms with Crippen molar-refractivity contribution >= 4 is 0 Å². The van der Waals surface area contributed by atoms with Gasteiger partial charge < -0.3 is 0 Å². The fourth-order valence-corrected chi connectivity index (χ4v) is 1.34. The SMILES string of the molecule is C#CC(C)N[C@H](C)c1ccccc1F. The second kappa shape index (κ2) is 4.78. The molecule has 2 atom stereocenters. The lowest BCUT2D eigenvalue weighted by Gasteiger charge is -2.16. The van der Waals surface area contributed by atoms with Gasteiger partial charge in [0.25, 0.3) is 0 Å². The molecule has 0 fully saturated rings. The molecule has 0 saturated heterocycles. The van der Waals surface area contributed by atoms with Crippen LogP contribution in [0.1, 0.15) is 25.5 Å². The van der Waals surface area contributed by atoms with Crippen molar-refractivity contribution in [2.45, 2.75) is 25.9 Å². The molecule has 0 aliphatic carbocycles. The van der Waals surface area contributed by atoms with Crippen LogP contribution in [0, 0.1) is 18.2 Å². The molecule has 0 aliphatic heterocycles. The van der Waals surface area contributed by atoms with Gasteiger partial charge in [-0.3, -0.25) is 5.32 Å². The number of nitrogens with one attached hydrogen (secondary N) is 1. The Bertz CT molecular complexity index is 340. The molecule has 0 radical (unpaired) electrons. The Kier molecular flexibility index (Phi) is 3.67. The Hall–Kier alpha value is -1.33. The molecule has 1 aromatic carbocycles. The first kappa shape index (κ1) is 10.7. The average Bonchev–Trinajstić information content (AvgIpc) is 2.18. The number of hydrogen-bond donors (Lipinski definition) is 1. The molecule has 0 aromatic heterocycles. The van der Waals surface area contributed by atoms with Gasteiger partial charge in [-0.2, -0.15) is 0 Å².